The minimum Gasteiger partial charge on any atom is -0.357 e. The summed E-state index contributed by atoms with van der Waals surface area (Å²) in [6.07, 6.45) is 2.61. The van der Waals surface area contributed by atoms with Gasteiger partial charge < -0.3 is 10.6 Å². The third kappa shape index (κ3) is 4.73. The predicted molar refractivity (Wildman–Crippen MR) is 94.3 cm³/mol. The molecule has 1 heterocycles. The molecule has 1 saturated heterocycles. The van der Waals surface area contributed by atoms with Crippen LogP contribution in [0.1, 0.15) is 37.8 Å². The van der Waals surface area contributed by atoms with E-state index in [9.17, 15) is 0 Å². The Balaban J connectivity index is 1.91. The van der Waals surface area contributed by atoms with Gasteiger partial charge in [-0.3, -0.25) is 4.90 Å². The molecule has 4 nitrogen and oxygen atoms in total. The van der Waals surface area contributed by atoms with Crippen LogP contribution in [-0.2, 0) is 6.54 Å². The molecule has 0 spiro atoms. The van der Waals surface area contributed by atoms with Crippen molar-refractivity contribution in [2.24, 2.45) is 4.99 Å². The van der Waals surface area contributed by atoms with Crippen LogP contribution in [0.15, 0.2) is 29.3 Å². The highest BCUT2D eigenvalue weighted by atomic mass is 15.2. The molecule has 0 aromatic heterocycles. The zero-order valence-electron chi connectivity index (χ0n) is 14.2. The Bertz CT molecular complexity index is 484. The molecule has 0 aliphatic carbocycles. The van der Waals surface area contributed by atoms with E-state index in [1.54, 1.807) is 0 Å². The fourth-order valence-corrected chi connectivity index (χ4v) is 3.05. The van der Waals surface area contributed by atoms with Gasteiger partial charge in [0, 0.05) is 19.1 Å². The van der Waals surface area contributed by atoms with E-state index < -0.39 is 0 Å². The molecule has 4 heteroatoms. The van der Waals surface area contributed by atoms with Crippen LogP contribution in [-0.4, -0.2) is 43.1 Å². The van der Waals surface area contributed by atoms with E-state index in [0.29, 0.717) is 6.04 Å². The van der Waals surface area contributed by atoms with E-state index in [0.717, 1.165) is 32.1 Å². The van der Waals surface area contributed by atoms with E-state index in [-0.39, 0.29) is 0 Å². The van der Waals surface area contributed by atoms with Crippen molar-refractivity contribution >= 4 is 5.96 Å². The molecule has 2 rings (SSSR count). The van der Waals surface area contributed by atoms with Crippen LogP contribution < -0.4 is 10.6 Å². The van der Waals surface area contributed by atoms with Crippen molar-refractivity contribution in [3.8, 4) is 0 Å². The van der Waals surface area contributed by atoms with Crippen LogP contribution >= 0.6 is 0 Å². The van der Waals surface area contributed by atoms with Gasteiger partial charge in [0.2, 0.25) is 0 Å². The van der Waals surface area contributed by atoms with Gasteiger partial charge in [0.25, 0.3) is 0 Å². The number of aryl methyl sites for hydroxylation is 1. The average Bonchev–Trinajstić information content (AvgIpc) is 2.99. The molecular weight excluding hydrogens is 272 g/mol. The second-order valence-electron chi connectivity index (χ2n) is 5.93. The molecular formula is C18H30N4. The second kappa shape index (κ2) is 8.79. The molecule has 1 atom stereocenters. The molecule has 1 aliphatic heterocycles. The summed E-state index contributed by atoms with van der Waals surface area (Å²) in [5.41, 5.74) is 2.59. The summed E-state index contributed by atoms with van der Waals surface area (Å²) in [7, 11) is 0. The van der Waals surface area contributed by atoms with Crippen molar-refractivity contribution in [3.63, 3.8) is 0 Å². The lowest BCUT2D eigenvalue weighted by Gasteiger charge is -2.24. The van der Waals surface area contributed by atoms with Crippen LogP contribution in [0.3, 0.4) is 0 Å². The Labute approximate surface area is 135 Å². The first kappa shape index (κ1) is 16.8. The molecule has 1 fully saturated rings. The highest BCUT2D eigenvalue weighted by molar-refractivity contribution is 5.79. The van der Waals surface area contributed by atoms with Gasteiger partial charge in [-0.15, -0.1) is 0 Å². The molecule has 0 amide bonds. The van der Waals surface area contributed by atoms with Crippen LogP contribution in [0.25, 0.3) is 0 Å². The number of aliphatic imine (C=N–C) groups is 1. The Kier molecular flexibility index (Phi) is 6.72. The first-order valence-corrected chi connectivity index (χ1v) is 8.55. The third-order valence-corrected chi connectivity index (χ3v) is 4.42. The summed E-state index contributed by atoms with van der Waals surface area (Å²) in [5, 5.41) is 6.86. The maximum atomic E-state index is 4.73. The lowest BCUT2D eigenvalue weighted by atomic mass is 10.1. The summed E-state index contributed by atoms with van der Waals surface area (Å²) < 4.78 is 0. The summed E-state index contributed by atoms with van der Waals surface area (Å²) in [4.78, 5) is 7.29. The van der Waals surface area contributed by atoms with Gasteiger partial charge in [-0.25, -0.2) is 4.99 Å². The molecule has 22 heavy (non-hydrogen) atoms. The zero-order valence-corrected chi connectivity index (χ0v) is 14.2. The minimum absolute atomic E-state index is 0.646. The quantitative estimate of drug-likeness (QED) is 0.626. The smallest absolute Gasteiger partial charge is 0.191 e. The Morgan fingerprint density at radius 2 is 2.09 bits per heavy atom. The summed E-state index contributed by atoms with van der Waals surface area (Å²) >= 11 is 0. The van der Waals surface area contributed by atoms with Crippen LogP contribution in [0.5, 0.6) is 0 Å². The van der Waals surface area contributed by atoms with E-state index in [2.05, 4.69) is 60.6 Å². The number of likely N-dealkylation sites (tertiary alicyclic amines) is 1. The van der Waals surface area contributed by atoms with Crippen molar-refractivity contribution < 1.29 is 0 Å². The monoisotopic (exact) mass is 302 g/mol. The number of benzene rings is 1. The second-order valence-corrected chi connectivity index (χ2v) is 5.93. The van der Waals surface area contributed by atoms with Gasteiger partial charge in [0.05, 0.1) is 6.54 Å². The van der Waals surface area contributed by atoms with Gasteiger partial charge in [-0.1, -0.05) is 31.2 Å². The van der Waals surface area contributed by atoms with E-state index >= 15 is 0 Å². The number of nitrogens with zero attached hydrogens (tertiary/aromatic N) is 2. The summed E-state index contributed by atoms with van der Waals surface area (Å²) in [5.74, 6) is 0.925. The number of nitrogens with one attached hydrogen (secondary N) is 2. The van der Waals surface area contributed by atoms with Gasteiger partial charge in [-0.05, 0) is 50.9 Å². The normalized spacial score (nSPS) is 19.4. The molecule has 0 bridgehead atoms. The minimum atomic E-state index is 0.646. The number of hydrogen-bond acceptors (Lipinski definition) is 2. The fraction of sp³-hybridized carbons (Fsp3) is 0.611. The molecule has 122 valence electrons. The van der Waals surface area contributed by atoms with Crippen LogP contribution in [0.2, 0.25) is 0 Å². The molecule has 1 unspecified atom stereocenters. The number of hydrogen-bond donors (Lipinski definition) is 2. The van der Waals surface area contributed by atoms with Gasteiger partial charge in [-0.2, -0.15) is 0 Å². The SMILES string of the molecule is CCNC(=NCc1ccccc1C)NCC1CCCN1CC. The molecule has 1 aromatic carbocycles. The molecule has 0 radical (unpaired) electrons. The van der Waals surface area contributed by atoms with Crippen molar-refractivity contribution in [2.75, 3.05) is 26.2 Å². The maximum absolute atomic E-state index is 4.73. The number of likely N-dealkylation sites (N-methyl/N-ethyl adjacent to an activating group) is 1. The van der Waals surface area contributed by atoms with Gasteiger partial charge >= 0.3 is 0 Å². The number of guanidine groups is 1. The topological polar surface area (TPSA) is 39.7 Å². The van der Waals surface area contributed by atoms with Crippen molar-refractivity contribution in [1.82, 2.24) is 15.5 Å². The first-order chi connectivity index (χ1) is 10.7. The Morgan fingerprint density at radius 3 is 2.82 bits per heavy atom. The lowest BCUT2D eigenvalue weighted by molar-refractivity contribution is 0.267. The summed E-state index contributed by atoms with van der Waals surface area (Å²) in [6, 6.07) is 9.09. The molecule has 1 aliphatic rings. The van der Waals surface area contributed by atoms with Crippen LogP contribution in [0.4, 0.5) is 0 Å². The largest absolute Gasteiger partial charge is 0.357 e. The summed E-state index contributed by atoms with van der Waals surface area (Å²) in [6.45, 7) is 11.5. The van der Waals surface area contributed by atoms with Crippen molar-refractivity contribution in [3.05, 3.63) is 35.4 Å². The lowest BCUT2D eigenvalue weighted by Crippen LogP contribution is -2.44. The molecule has 1 aromatic rings. The maximum Gasteiger partial charge on any atom is 0.191 e. The van der Waals surface area contributed by atoms with E-state index in [4.69, 9.17) is 4.99 Å². The third-order valence-electron chi connectivity index (χ3n) is 4.42. The van der Waals surface area contributed by atoms with Crippen molar-refractivity contribution in [1.29, 1.82) is 0 Å². The molecule has 0 saturated carbocycles. The van der Waals surface area contributed by atoms with Crippen molar-refractivity contribution in [2.45, 2.75) is 46.2 Å². The highest BCUT2D eigenvalue weighted by Gasteiger charge is 2.22. The average molecular weight is 302 g/mol. The Morgan fingerprint density at radius 1 is 1.27 bits per heavy atom. The predicted octanol–water partition coefficient (Wildman–Crippen LogP) is 2.53. The van der Waals surface area contributed by atoms with Gasteiger partial charge in [0.1, 0.15) is 0 Å². The van der Waals surface area contributed by atoms with Gasteiger partial charge in [0.15, 0.2) is 5.96 Å². The molecule has 2 N–H and O–H groups in total. The van der Waals surface area contributed by atoms with Crippen LogP contribution in [0, 0.1) is 6.92 Å². The van der Waals surface area contributed by atoms with E-state index in [1.165, 1.54) is 30.5 Å². The highest BCUT2D eigenvalue weighted by Crippen LogP contribution is 2.15. The Hall–Kier alpha value is -1.55. The fourth-order valence-electron chi connectivity index (χ4n) is 3.05. The first-order valence-electron chi connectivity index (χ1n) is 8.55. The number of rotatable bonds is 6. The van der Waals surface area contributed by atoms with E-state index in [1.807, 2.05) is 0 Å². The standard InChI is InChI=1S/C18H30N4/c1-4-19-18(20-13-16-10-7-6-9-15(16)3)21-14-17-11-8-12-22(17)5-2/h6-7,9-10,17H,4-5,8,11-14H2,1-3H3,(H2,19,20,21). The zero-order chi connectivity index (χ0) is 15.8.